The number of thioether (sulfide) groups is 1. The van der Waals surface area contributed by atoms with E-state index in [1.54, 1.807) is 48.7 Å². The van der Waals surface area contributed by atoms with Crippen molar-refractivity contribution in [3.8, 4) is 0 Å². The first-order chi connectivity index (χ1) is 13.6. The number of carbonyl (C=O) groups excluding carboxylic acids is 1. The summed E-state index contributed by atoms with van der Waals surface area (Å²) in [5, 5.41) is 3.53. The largest absolute Gasteiger partial charge is 0.381 e. The minimum Gasteiger partial charge on any atom is -0.381 e. The number of ether oxygens (including phenoxy) is 1. The van der Waals surface area contributed by atoms with Gasteiger partial charge in [-0.3, -0.25) is 4.79 Å². The van der Waals surface area contributed by atoms with Crippen molar-refractivity contribution >= 4 is 27.5 Å². The van der Waals surface area contributed by atoms with Crippen LogP contribution in [0, 0.1) is 5.92 Å². The average Bonchev–Trinajstić information content (AvgIpc) is 2.74. The molecule has 150 valence electrons. The summed E-state index contributed by atoms with van der Waals surface area (Å²) in [6, 6.07) is 11.8. The Morgan fingerprint density at radius 2 is 1.89 bits per heavy atom. The van der Waals surface area contributed by atoms with Crippen LogP contribution in [0.15, 0.2) is 58.6 Å². The third kappa shape index (κ3) is 5.80. The number of benzene rings is 1. The Kier molecular flexibility index (Phi) is 7.47. The lowest BCUT2D eigenvalue weighted by atomic mass is 10.0. The van der Waals surface area contributed by atoms with Crippen LogP contribution in [0.1, 0.15) is 23.2 Å². The molecule has 1 N–H and O–H groups in total. The van der Waals surface area contributed by atoms with Gasteiger partial charge in [0.1, 0.15) is 5.03 Å². The fourth-order valence-corrected chi connectivity index (χ4v) is 5.62. The van der Waals surface area contributed by atoms with Gasteiger partial charge < -0.3 is 10.1 Å². The molecule has 1 aliphatic heterocycles. The number of pyridine rings is 1. The Labute approximate surface area is 170 Å². The van der Waals surface area contributed by atoms with Crippen molar-refractivity contribution in [3.05, 3.63) is 54.2 Å². The first-order valence-corrected chi connectivity index (χ1v) is 11.9. The number of carbonyl (C=O) groups is 1. The summed E-state index contributed by atoms with van der Waals surface area (Å²) < 4.78 is 30.1. The van der Waals surface area contributed by atoms with E-state index < -0.39 is 9.84 Å². The van der Waals surface area contributed by atoms with E-state index in [0.29, 0.717) is 33.7 Å². The molecule has 0 aliphatic carbocycles. The normalized spacial score (nSPS) is 15.3. The first-order valence-electron chi connectivity index (χ1n) is 9.28. The maximum Gasteiger partial charge on any atom is 0.254 e. The van der Waals surface area contributed by atoms with E-state index >= 15 is 0 Å². The second-order valence-corrected chi connectivity index (χ2v) is 9.80. The highest BCUT2D eigenvalue weighted by atomic mass is 32.2. The van der Waals surface area contributed by atoms with Crippen molar-refractivity contribution in [3.63, 3.8) is 0 Å². The zero-order valence-corrected chi connectivity index (χ0v) is 17.2. The summed E-state index contributed by atoms with van der Waals surface area (Å²) >= 11 is 1.29. The second-order valence-electron chi connectivity index (χ2n) is 6.60. The van der Waals surface area contributed by atoms with Crippen molar-refractivity contribution in [1.29, 1.82) is 0 Å². The van der Waals surface area contributed by atoms with Gasteiger partial charge in [-0.25, -0.2) is 13.4 Å². The number of aromatic nitrogens is 1. The van der Waals surface area contributed by atoms with Gasteiger partial charge in [-0.05, 0) is 43.0 Å². The highest BCUT2D eigenvalue weighted by Gasteiger charge is 2.19. The monoisotopic (exact) mass is 420 g/mol. The van der Waals surface area contributed by atoms with Gasteiger partial charge in [-0.1, -0.05) is 18.2 Å². The Morgan fingerprint density at radius 1 is 1.14 bits per heavy atom. The second kappa shape index (κ2) is 10.0. The molecule has 0 unspecified atom stereocenters. The van der Waals surface area contributed by atoms with Crippen LogP contribution < -0.4 is 5.32 Å². The topological polar surface area (TPSA) is 85.4 Å². The highest BCUT2D eigenvalue weighted by Crippen LogP contribution is 2.22. The zero-order chi connectivity index (χ0) is 19.8. The summed E-state index contributed by atoms with van der Waals surface area (Å²) in [6.45, 7) is 2.10. The smallest absolute Gasteiger partial charge is 0.254 e. The number of nitrogens with zero attached hydrogens (tertiary/aromatic N) is 1. The molecule has 2 aromatic rings. The van der Waals surface area contributed by atoms with E-state index in [9.17, 15) is 13.2 Å². The lowest BCUT2D eigenvalue weighted by Crippen LogP contribution is -2.32. The molecule has 6 nitrogen and oxygen atoms in total. The molecule has 1 saturated heterocycles. The van der Waals surface area contributed by atoms with Gasteiger partial charge in [0.2, 0.25) is 0 Å². The number of nitrogens with one attached hydrogen (secondary N) is 1. The zero-order valence-electron chi connectivity index (χ0n) is 15.5. The lowest BCUT2D eigenvalue weighted by molar-refractivity contribution is 0.0642. The molecule has 1 aromatic heterocycles. The SMILES string of the molecule is O=C(NCC1CCOCC1)c1cccnc1SCCS(=O)(=O)c1ccccc1. The van der Waals surface area contributed by atoms with E-state index in [0.717, 1.165) is 26.1 Å². The van der Waals surface area contributed by atoms with Gasteiger partial charge in [-0.15, -0.1) is 11.8 Å². The number of amides is 1. The fraction of sp³-hybridized carbons (Fsp3) is 0.400. The lowest BCUT2D eigenvalue weighted by Gasteiger charge is -2.22. The van der Waals surface area contributed by atoms with Gasteiger partial charge in [0.25, 0.3) is 5.91 Å². The number of hydrogen-bond acceptors (Lipinski definition) is 6. The van der Waals surface area contributed by atoms with Crippen LogP contribution in [0.25, 0.3) is 0 Å². The van der Waals surface area contributed by atoms with E-state index in [1.807, 2.05) is 0 Å². The summed E-state index contributed by atoms with van der Waals surface area (Å²) in [5.41, 5.74) is 0.483. The molecule has 0 bridgehead atoms. The van der Waals surface area contributed by atoms with E-state index in [4.69, 9.17) is 4.74 Å². The molecule has 3 rings (SSSR count). The molecular formula is C20H24N2O4S2. The third-order valence-electron chi connectivity index (χ3n) is 4.60. The molecule has 0 spiro atoms. The maximum atomic E-state index is 12.6. The quantitative estimate of drug-likeness (QED) is 0.661. The van der Waals surface area contributed by atoms with Crippen LogP contribution in [0.5, 0.6) is 0 Å². The van der Waals surface area contributed by atoms with Crippen LogP contribution in [-0.4, -0.2) is 50.6 Å². The van der Waals surface area contributed by atoms with Gasteiger partial charge in [0.05, 0.1) is 16.2 Å². The predicted molar refractivity (Wildman–Crippen MR) is 109 cm³/mol. The molecular weight excluding hydrogens is 396 g/mol. The molecule has 1 aliphatic rings. The van der Waals surface area contributed by atoms with Gasteiger partial charge in [0.15, 0.2) is 9.84 Å². The third-order valence-corrected chi connectivity index (χ3v) is 7.60. The Bertz CT molecular complexity index is 882. The van der Waals surface area contributed by atoms with Gasteiger partial charge in [0, 0.05) is 31.7 Å². The van der Waals surface area contributed by atoms with Crippen molar-refractivity contribution in [2.45, 2.75) is 22.8 Å². The molecule has 0 radical (unpaired) electrons. The Hall–Kier alpha value is -1.90. The molecule has 0 atom stereocenters. The number of sulfone groups is 1. The molecule has 0 saturated carbocycles. The minimum atomic E-state index is -3.35. The number of rotatable bonds is 8. The first kappa shape index (κ1) is 20.8. The van der Waals surface area contributed by atoms with Gasteiger partial charge >= 0.3 is 0 Å². The summed E-state index contributed by atoms with van der Waals surface area (Å²) in [7, 11) is -3.35. The van der Waals surface area contributed by atoms with E-state index in [-0.39, 0.29) is 11.7 Å². The number of hydrogen-bond donors (Lipinski definition) is 1. The van der Waals surface area contributed by atoms with Crippen molar-refractivity contribution in [2.75, 3.05) is 31.3 Å². The van der Waals surface area contributed by atoms with E-state index in [2.05, 4.69) is 10.3 Å². The highest BCUT2D eigenvalue weighted by molar-refractivity contribution is 8.00. The van der Waals surface area contributed by atoms with Crippen LogP contribution in [0.4, 0.5) is 0 Å². The Morgan fingerprint density at radius 3 is 2.64 bits per heavy atom. The average molecular weight is 421 g/mol. The minimum absolute atomic E-state index is 0.0125. The van der Waals surface area contributed by atoms with Crippen molar-refractivity contribution in [2.24, 2.45) is 5.92 Å². The molecule has 1 fully saturated rings. The van der Waals surface area contributed by atoms with Crippen molar-refractivity contribution < 1.29 is 17.9 Å². The molecule has 1 amide bonds. The van der Waals surface area contributed by atoms with Crippen LogP contribution in [0.3, 0.4) is 0 Å². The predicted octanol–water partition coefficient (Wildman–Crippen LogP) is 2.80. The summed E-state index contributed by atoms with van der Waals surface area (Å²) in [4.78, 5) is 17.2. The van der Waals surface area contributed by atoms with E-state index in [1.165, 1.54) is 11.8 Å². The fourth-order valence-electron chi connectivity index (χ4n) is 2.96. The van der Waals surface area contributed by atoms with Gasteiger partial charge in [-0.2, -0.15) is 0 Å². The Balaban J connectivity index is 1.56. The standard InChI is InChI=1S/C20H24N2O4S2/c23-19(22-15-16-8-11-26-12-9-16)18-7-4-10-21-20(18)27-13-14-28(24,25)17-5-2-1-3-6-17/h1-7,10,16H,8-9,11-15H2,(H,22,23). The van der Waals surface area contributed by atoms with Crippen LogP contribution >= 0.6 is 11.8 Å². The summed E-state index contributed by atoms with van der Waals surface area (Å²) in [5.74, 6) is 0.574. The molecule has 8 heteroatoms. The molecule has 2 heterocycles. The van der Waals surface area contributed by atoms with Crippen molar-refractivity contribution in [1.82, 2.24) is 10.3 Å². The molecule has 1 aromatic carbocycles. The maximum absolute atomic E-state index is 12.6. The van der Waals surface area contributed by atoms with Crippen LogP contribution in [0.2, 0.25) is 0 Å². The molecule has 28 heavy (non-hydrogen) atoms. The summed E-state index contributed by atoms with van der Waals surface area (Å²) in [6.07, 6.45) is 3.52. The van der Waals surface area contributed by atoms with Crippen LogP contribution in [-0.2, 0) is 14.6 Å².